The number of nitrogens with zero attached hydrogens (tertiary/aromatic N) is 1. The minimum Gasteiger partial charge on any atom is -0.309 e. The van der Waals surface area contributed by atoms with E-state index in [9.17, 15) is 0 Å². The molecule has 1 N–H and O–H groups in total. The van der Waals surface area contributed by atoms with Crippen LogP contribution in [0, 0.1) is 0 Å². The molecule has 0 heterocycles. The summed E-state index contributed by atoms with van der Waals surface area (Å²) in [5.41, 5.74) is 2.87. The van der Waals surface area contributed by atoms with Gasteiger partial charge in [-0.15, -0.1) is 0 Å². The van der Waals surface area contributed by atoms with Crippen molar-refractivity contribution in [3.63, 3.8) is 0 Å². The van der Waals surface area contributed by atoms with Crippen molar-refractivity contribution >= 4 is 0 Å². The standard InChI is InChI=1S/C18H30N2/c1-4-13-19-18(14-20(6-3)17-11-12-17)16-9-7-15(5-2)8-10-16/h7-10,17-19H,4-6,11-14H2,1-3H3. The van der Waals surface area contributed by atoms with Crippen LogP contribution in [0.25, 0.3) is 0 Å². The van der Waals surface area contributed by atoms with Crippen molar-refractivity contribution in [2.45, 2.75) is 58.5 Å². The molecule has 2 rings (SSSR count). The van der Waals surface area contributed by atoms with Crippen molar-refractivity contribution in [1.29, 1.82) is 0 Å². The monoisotopic (exact) mass is 274 g/mol. The number of hydrogen-bond acceptors (Lipinski definition) is 2. The fourth-order valence-corrected chi connectivity index (χ4v) is 2.80. The summed E-state index contributed by atoms with van der Waals surface area (Å²) in [5, 5.41) is 3.73. The molecule has 1 atom stereocenters. The number of hydrogen-bond donors (Lipinski definition) is 1. The van der Waals surface area contributed by atoms with E-state index in [-0.39, 0.29) is 0 Å². The molecule has 1 unspecified atom stereocenters. The molecule has 0 amide bonds. The van der Waals surface area contributed by atoms with E-state index >= 15 is 0 Å². The molecule has 0 radical (unpaired) electrons. The van der Waals surface area contributed by atoms with Gasteiger partial charge in [-0.25, -0.2) is 0 Å². The first-order valence-corrected chi connectivity index (χ1v) is 8.34. The number of likely N-dealkylation sites (N-methyl/N-ethyl adjacent to an activating group) is 1. The summed E-state index contributed by atoms with van der Waals surface area (Å²) in [6.45, 7) is 10.2. The van der Waals surface area contributed by atoms with E-state index in [1.807, 2.05) is 0 Å². The summed E-state index contributed by atoms with van der Waals surface area (Å²) in [4.78, 5) is 2.64. The van der Waals surface area contributed by atoms with Crippen molar-refractivity contribution in [2.75, 3.05) is 19.6 Å². The van der Waals surface area contributed by atoms with Crippen molar-refractivity contribution in [3.8, 4) is 0 Å². The number of benzene rings is 1. The van der Waals surface area contributed by atoms with Gasteiger partial charge >= 0.3 is 0 Å². The Balaban J connectivity index is 2.04. The molecule has 0 saturated heterocycles. The molecular weight excluding hydrogens is 244 g/mol. The number of nitrogens with one attached hydrogen (secondary N) is 1. The lowest BCUT2D eigenvalue weighted by molar-refractivity contribution is 0.244. The Morgan fingerprint density at radius 3 is 2.35 bits per heavy atom. The molecule has 20 heavy (non-hydrogen) atoms. The Bertz CT molecular complexity index is 381. The smallest absolute Gasteiger partial charge is 0.0449 e. The van der Waals surface area contributed by atoms with E-state index < -0.39 is 0 Å². The Hall–Kier alpha value is -0.860. The van der Waals surface area contributed by atoms with Gasteiger partial charge in [0.25, 0.3) is 0 Å². The van der Waals surface area contributed by atoms with Gasteiger partial charge in [0.05, 0.1) is 0 Å². The maximum atomic E-state index is 3.73. The lowest BCUT2D eigenvalue weighted by Gasteiger charge is -2.27. The second kappa shape index (κ2) is 7.80. The second-order valence-corrected chi connectivity index (χ2v) is 5.92. The third-order valence-electron chi connectivity index (χ3n) is 4.32. The van der Waals surface area contributed by atoms with Crippen LogP contribution in [-0.4, -0.2) is 30.6 Å². The average Bonchev–Trinajstić information content (AvgIpc) is 3.32. The third kappa shape index (κ3) is 4.32. The van der Waals surface area contributed by atoms with Crippen LogP contribution in [-0.2, 0) is 6.42 Å². The topological polar surface area (TPSA) is 15.3 Å². The Morgan fingerprint density at radius 1 is 1.15 bits per heavy atom. The van der Waals surface area contributed by atoms with Crippen LogP contribution in [0.15, 0.2) is 24.3 Å². The Kier molecular flexibility index (Phi) is 6.06. The first kappa shape index (κ1) is 15.5. The molecule has 0 aliphatic heterocycles. The van der Waals surface area contributed by atoms with Gasteiger partial charge in [0.2, 0.25) is 0 Å². The predicted octanol–water partition coefficient (Wildman–Crippen LogP) is 3.77. The summed E-state index contributed by atoms with van der Waals surface area (Å²) in [6.07, 6.45) is 5.10. The van der Waals surface area contributed by atoms with E-state index in [0.717, 1.165) is 25.6 Å². The summed E-state index contributed by atoms with van der Waals surface area (Å²) in [6, 6.07) is 10.5. The molecule has 1 aromatic carbocycles. The summed E-state index contributed by atoms with van der Waals surface area (Å²) >= 11 is 0. The number of aryl methyl sites for hydroxylation is 1. The van der Waals surface area contributed by atoms with Gasteiger partial charge in [-0.1, -0.05) is 45.0 Å². The minimum atomic E-state index is 0.474. The summed E-state index contributed by atoms with van der Waals surface area (Å²) < 4.78 is 0. The van der Waals surface area contributed by atoms with Crippen LogP contribution >= 0.6 is 0 Å². The fourth-order valence-electron chi connectivity index (χ4n) is 2.80. The van der Waals surface area contributed by atoms with Crippen molar-refractivity contribution in [3.05, 3.63) is 35.4 Å². The Morgan fingerprint density at radius 2 is 1.85 bits per heavy atom. The fraction of sp³-hybridized carbons (Fsp3) is 0.667. The van der Waals surface area contributed by atoms with Crippen molar-refractivity contribution in [2.24, 2.45) is 0 Å². The maximum Gasteiger partial charge on any atom is 0.0449 e. The highest BCUT2D eigenvalue weighted by Gasteiger charge is 2.29. The van der Waals surface area contributed by atoms with Gasteiger partial charge in [-0.2, -0.15) is 0 Å². The maximum absolute atomic E-state index is 3.73. The highest BCUT2D eigenvalue weighted by atomic mass is 15.2. The largest absolute Gasteiger partial charge is 0.309 e. The normalized spacial score (nSPS) is 16.6. The highest BCUT2D eigenvalue weighted by Crippen LogP contribution is 2.28. The lowest BCUT2D eigenvalue weighted by Crippen LogP contribution is -2.36. The van der Waals surface area contributed by atoms with E-state index in [4.69, 9.17) is 0 Å². The van der Waals surface area contributed by atoms with Crippen molar-refractivity contribution in [1.82, 2.24) is 10.2 Å². The van der Waals surface area contributed by atoms with Crippen molar-refractivity contribution < 1.29 is 0 Å². The summed E-state index contributed by atoms with van der Waals surface area (Å²) in [7, 11) is 0. The molecule has 0 bridgehead atoms. The first-order chi connectivity index (χ1) is 9.78. The quantitative estimate of drug-likeness (QED) is 0.737. The van der Waals surface area contributed by atoms with Crippen LogP contribution in [0.4, 0.5) is 0 Å². The Labute approximate surface area is 124 Å². The highest BCUT2D eigenvalue weighted by molar-refractivity contribution is 5.25. The van der Waals surface area contributed by atoms with E-state index in [1.165, 1.54) is 36.9 Å². The minimum absolute atomic E-state index is 0.474. The zero-order valence-electron chi connectivity index (χ0n) is 13.4. The molecule has 1 aromatic rings. The van der Waals surface area contributed by atoms with Crippen LogP contribution in [0.2, 0.25) is 0 Å². The molecule has 1 aliphatic carbocycles. The van der Waals surface area contributed by atoms with Gasteiger partial charge in [-0.3, -0.25) is 4.90 Å². The van der Waals surface area contributed by atoms with Crippen LogP contribution in [0.5, 0.6) is 0 Å². The molecule has 0 aromatic heterocycles. The van der Waals surface area contributed by atoms with E-state index in [1.54, 1.807) is 0 Å². The van der Waals surface area contributed by atoms with Crippen LogP contribution in [0.3, 0.4) is 0 Å². The third-order valence-corrected chi connectivity index (χ3v) is 4.32. The summed E-state index contributed by atoms with van der Waals surface area (Å²) in [5.74, 6) is 0. The van der Waals surface area contributed by atoms with Gasteiger partial charge < -0.3 is 5.32 Å². The lowest BCUT2D eigenvalue weighted by atomic mass is 10.0. The SMILES string of the molecule is CCCNC(CN(CC)C1CC1)c1ccc(CC)cc1. The second-order valence-electron chi connectivity index (χ2n) is 5.92. The van der Waals surface area contributed by atoms with Gasteiger partial charge in [0.15, 0.2) is 0 Å². The number of rotatable bonds is 9. The zero-order chi connectivity index (χ0) is 14.4. The van der Waals surface area contributed by atoms with E-state index in [2.05, 4.69) is 55.3 Å². The van der Waals surface area contributed by atoms with Gasteiger partial charge in [0.1, 0.15) is 0 Å². The molecule has 0 spiro atoms. The molecular formula is C18H30N2. The average molecular weight is 274 g/mol. The molecule has 1 aliphatic rings. The van der Waals surface area contributed by atoms with Gasteiger partial charge in [0, 0.05) is 18.6 Å². The molecule has 112 valence electrons. The molecule has 1 fully saturated rings. The predicted molar refractivity (Wildman–Crippen MR) is 87.1 cm³/mol. The van der Waals surface area contributed by atoms with E-state index in [0.29, 0.717) is 6.04 Å². The van der Waals surface area contributed by atoms with Gasteiger partial charge in [-0.05, 0) is 49.9 Å². The van der Waals surface area contributed by atoms with Crippen LogP contribution < -0.4 is 5.32 Å². The molecule has 2 nitrogen and oxygen atoms in total. The molecule has 2 heteroatoms. The first-order valence-electron chi connectivity index (χ1n) is 8.34. The zero-order valence-corrected chi connectivity index (χ0v) is 13.4. The molecule has 1 saturated carbocycles. The van der Waals surface area contributed by atoms with Crippen LogP contribution in [0.1, 0.15) is 57.2 Å².